The van der Waals surface area contributed by atoms with Crippen molar-refractivity contribution in [3.63, 3.8) is 0 Å². The fourth-order valence-corrected chi connectivity index (χ4v) is 5.54. The Hall–Kier alpha value is -2.80. The normalized spacial score (nSPS) is 24.6. The van der Waals surface area contributed by atoms with Crippen molar-refractivity contribution in [1.82, 2.24) is 4.90 Å². The van der Waals surface area contributed by atoms with Crippen LogP contribution in [0.2, 0.25) is 0 Å². The molecule has 2 bridgehead atoms. The molecule has 2 aromatic rings. The Morgan fingerprint density at radius 1 is 1.15 bits per heavy atom. The van der Waals surface area contributed by atoms with E-state index in [1.165, 1.54) is 0 Å². The maximum Gasteiger partial charge on any atom is 0.416 e. The van der Waals surface area contributed by atoms with Gasteiger partial charge in [-0.2, -0.15) is 13.2 Å². The molecule has 2 aromatic carbocycles. The van der Waals surface area contributed by atoms with Gasteiger partial charge in [-0.3, -0.25) is 4.90 Å². The minimum absolute atomic E-state index is 0.138. The molecule has 2 saturated heterocycles. The van der Waals surface area contributed by atoms with Gasteiger partial charge in [0.1, 0.15) is 5.75 Å². The number of carboxylic acid groups (broad SMARTS) is 1. The van der Waals surface area contributed by atoms with Crippen LogP contribution in [0.3, 0.4) is 0 Å². The summed E-state index contributed by atoms with van der Waals surface area (Å²) in [5, 5.41) is 9.74. The summed E-state index contributed by atoms with van der Waals surface area (Å²) in [5.74, 6) is -0.143. The first-order valence-corrected chi connectivity index (χ1v) is 11.2. The number of halogens is 3. The summed E-state index contributed by atoms with van der Waals surface area (Å²) in [6.07, 6.45) is -1.13. The molecule has 2 atom stereocenters. The van der Waals surface area contributed by atoms with E-state index in [4.69, 9.17) is 4.74 Å². The maximum atomic E-state index is 13.2. The molecule has 0 aliphatic carbocycles. The van der Waals surface area contributed by atoms with Gasteiger partial charge in [0.25, 0.3) is 0 Å². The van der Waals surface area contributed by atoms with Crippen molar-refractivity contribution in [2.75, 3.05) is 7.11 Å². The van der Waals surface area contributed by atoms with Crippen LogP contribution < -0.4 is 4.74 Å². The van der Waals surface area contributed by atoms with Crippen molar-refractivity contribution in [1.29, 1.82) is 0 Å². The van der Waals surface area contributed by atoms with Crippen molar-refractivity contribution >= 4 is 5.97 Å². The van der Waals surface area contributed by atoms with Crippen molar-refractivity contribution in [3.05, 3.63) is 76.4 Å². The molecule has 4 nitrogen and oxygen atoms in total. The zero-order valence-corrected chi connectivity index (χ0v) is 18.8. The van der Waals surface area contributed by atoms with Gasteiger partial charge >= 0.3 is 12.1 Å². The highest BCUT2D eigenvalue weighted by Gasteiger charge is 2.51. The van der Waals surface area contributed by atoms with Gasteiger partial charge in [-0.1, -0.05) is 36.8 Å². The number of alkyl halides is 3. The molecule has 1 N–H and O–H groups in total. The Morgan fingerprint density at radius 2 is 1.82 bits per heavy atom. The number of carbonyl (C=O) groups is 1. The number of hydrogen-bond acceptors (Lipinski definition) is 3. The number of fused-ring (bicyclic) bond motifs is 2. The molecule has 2 fully saturated rings. The zero-order valence-electron chi connectivity index (χ0n) is 18.8. The van der Waals surface area contributed by atoms with Crippen LogP contribution in [0.5, 0.6) is 5.75 Å². The first-order valence-electron chi connectivity index (χ1n) is 11.2. The Kier molecular flexibility index (Phi) is 6.27. The fraction of sp³-hybridized carbons (Fsp3) is 0.423. The number of piperidine rings is 1. The largest absolute Gasteiger partial charge is 0.497 e. The third-order valence-corrected chi connectivity index (χ3v) is 7.17. The van der Waals surface area contributed by atoms with Crippen LogP contribution in [-0.4, -0.2) is 29.1 Å². The van der Waals surface area contributed by atoms with E-state index in [0.29, 0.717) is 31.4 Å². The highest BCUT2D eigenvalue weighted by Crippen LogP contribution is 2.54. The summed E-state index contributed by atoms with van der Waals surface area (Å²) < 4.78 is 44.8. The second kappa shape index (κ2) is 8.86. The van der Waals surface area contributed by atoms with E-state index in [2.05, 4.69) is 4.90 Å². The van der Waals surface area contributed by atoms with Crippen LogP contribution in [0.15, 0.2) is 59.7 Å². The lowest BCUT2D eigenvalue weighted by atomic mass is 9.77. The number of aliphatic carboxylic acids is 1. The summed E-state index contributed by atoms with van der Waals surface area (Å²) in [5.41, 5.74) is 2.04. The van der Waals surface area contributed by atoms with Gasteiger partial charge in [-0.25, -0.2) is 4.79 Å². The van der Waals surface area contributed by atoms with E-state index in [1.54, 1.807) is 19.2 Å². The van der Waals surface area contributed by atoms with Gasteiger partial charge in [-0.15, -0.1) is 0 Å². The lowest BCUT2D eigenvalue weighted by Gasteiger charge is -2.47. The SMILES string of the molecule is CC/C(C(=O)O)=C1/C[C@H]2CC[C@@](c3ccc(C(F)(F)F)cc3)(C1)N2Cc1ccc(OC)cc1. The van der Waals surface area contributed by atoms with E-state index in [1.807, 2.05) is 31.2 Å². The molecule has 176 valence electrons. The van der Waals surface area contributed by atoms with Crippen molar-refractivity contribution in [3.8, 4) is 5.75 Å². The lowest BCUT2D eigenvalue weighted by Crippen LogP contribution is -2.48. The highest BCUT2D eigenvalue weighted by atomic mass is 19.4. The fourth-order valence-electron chi connectivity index (χ4n) is 5.54. The van der Waals surface area contributed by atoms with Gasteiger partial charge in [0.05, 0.1) is 18.2 Å². The van der Waals surface area contributed by atoms with E-state index in [0.717, 1.165) is 47.4 Å². The Balaban J connectivity index is 1.76. The average molecular weight is 460 g/mol. The summed E-state index contributed by atoms with van der Waals surface area (Å²) in [6.45, 7) is 2.48. The van der Waals surface area contributed by atoms with Crippen LogP contribution >= 0.6 is 0 Å². The van der Waals surface area contributed by atoms with Gasteiger partial charge in [0, 0.05) is 18.2 Å². The number of rotatable bonds is 6. The van der Waals surface area contributed by atoms with Gasteiger partial charge in [-0.05, 0) is 67.5 Å². The topological polar surface area (TPSA) is 49.8 Å². The molecule has 0 aromatic heterocycles. The molecule has 33 heavy (non-hydrogen) atoms. The predicted molar refractivity (Wildman–Crippen MR) is 119 cm³/mol. The number of methoxy groups -OCH3 is 1. The molecule has 2 aliphatic rings. The second-order valence-corrected chi connectivity index (χ2v) is 8.90. The Bertz CT molecular complexity index is 1040. The third kappa shape index (κ3) is 4.38. The van der Waals surface area contributed by atoms with Crippen LogP contribution in [0, 0.1) is 0 Å². The van der Waals surface area contributed by atoms with Gasteiger partial charge in [0.2, 0.25) is 0 Å². The van der Waals surface area contributed by atoms with E-state index >= 15 is 0 Å². The minimum Gasteiger partial charge on any atom is -0.497 e. The molecule has 2 aliphatic heterocycles. The first-order chi connectivity index (χ1) is 15.7. The molecule has 4 rings (SSSR count). The monoisotopic (exact) mass is 459 g/mol. The number of ether oxygens (including phenoxy) is 1. The van der Waals surface area contributed by atoms with Gasteiger partial charge < -0.3 is 9.84 Å². The maximum absolute atomic E-state index is 13.2. The van der Waals surface area contributed by atoms with Crippen LogP contribution in [0.4, 0.5) is 13.2 Å². The highest BCUT2D eigenvalue weighted by molar-refractivity contribution is 5.87. The molecule has 0 amide bonds. The van der Waals surface area contributed by atoms with Crippen molar-refractivity contribution in [2.45, 2.75) is 63.3 Å². The lowest BCUT2D eigenvalue weighted by molar-refractivity contribution is -0.137. The molecule has 0 saturated carbocycles. The standard InChI is InChI=1S/C26H28F3NO3/c1-3-23(24(31)32)18-14-21-12-13-25(15-18,19-6-8-20(9-7-19)26(27,28)29)30(21)16-17-4-10-22(33-2)11-5-17/h4-11,21H,3,12-16H2,1-2H3,(H,31,32)/b23-18+/t21-,25+/m1/s1. The molecule has 7 heteroatoms. The van der Waals surface area contributed by atoms with E-state index in [-0.39, 0.29) is 6.04 Å². The minimum atomic E-state index is -4.40. The average Bonchev–Trinajstić information content (AvgIpc) is 2.99. The molecule has 2 heterocycles. The molecular formula is C26H28F3NO3. The summed E-state index contributed by atoms with van der Waals surface area (Å²) in [6, 6.07) is 13.4. The molecule has 0 radical (unpaired) electrons. The van der Waals surface area contributed by atoms with Crippen molar-refractivity contribution < 1.29 is 27.8 Å². The number of nitrogens with zero attached hydrogens (tertiary/aromatic N) is 1. The third-order valence-electron chi connectivity index (χ3n) is 7.17. The predicted octanol–water partition coefficient (Wildman–Crippen LogP) is 6.16. The first kappa shape index (κ1) is 23.4. The number of benzene rings is 2. The van der Waals surface area contributed by atoms with Crippen LogP contribution in [0.25, 0.3) is 0 Å². The number of carboxylic acids is 1. The summed E-state index contributed by atoms with van der Waals surface area (Å²) >= 11 is 0. The quantitative estimate of drug-likeness (QED) is 0.526. The molecule has 0 unspecified atom stereocenters. The zero-order chi connectivity index (χ0) is 23.8. The van der Waals surface area contributed by atoms with E-state index in [9.17, 15) is 23.1 Å². The molecule has 0 spiro atoms. The van der Waals surface area contributed by atoms with Crippen LogP contribution in [0.1, 0.15) is 55.7 Å². The van der Waals surface area contributed by atoms with E-state index < -0.39 is 23.2 Å². The smallest absolute Gasteiger partial charge is 0.416 e. The molecular weight excluding hydrogens is 431 g/mol. The summed E-state index contributed by atoms with van der Waals surface area (Å²) in [4.78, 5) is 14.3. The Morgan fingerprint density at radius 3 is 2.36 bits per heavy atom. The van der Waals surface area contributed by atoms with Gasteiger partial charge in [0.15, 0.2) is 0 Å². The second-order valence-electron chi connectivity index (χ2n) is 8.90. The summed E-state index contributed by atoms with van der Waals surface area (Å²) in [7, 11) is 1.61. The van der Waals surface area contributed by atoms with Crippen LogP contribution in [-0.2, 0) is 23.1 Å². The van der Waals surface area contributed by atoms with Crippen molar-refractivity contribution in [2.24, 2.45) is 0 Å². The number of hydrogen-bond donors (Lipinski definition) is 1. The Labute approximate surface area is 191 Å².